The molecule has 0 spiro atoms. The Morgan fingerprint density at radius 3 is 2.67 bits per heavy atom. The number of carbonyl (C=O) groups excluding carboxylic acids is 1. The molecule has 2 aliphatic rings. The van der Waals surface area contributed by atoms with Crippen LogP contribution in [0.15, 0.2) is 57.9 Å². The van der Waals surface area contributed by atoms with Gasteiger partial charge in [-0.2, -0.15) is 9.29 Å². The summed E-state index contributed by atoms with van der Waals surface area (Å²) in [7, 11) is -3.63. The number of aromatic nitrogens is 2. The van der Waals surface area contributed by atoms with E-state index < -0.39 is 15.9 Å². The lowest BCUT2D eigenvalue weighted by atomic mass is 9.98. The van der Waals surface area contributed by atoms with Crippen LogP contribution in [0.2, 0.25) is 0 Å². The molecule has 1 aliphatic carbocycles. The quantitative estimate of drug-likeness (QED) is 0.589. The van der Waals surface area contributed by atoms with Crippen molar-refractivity contribution in [1.29, 1.82) is 0 Å². The SMILES string of the molecule is Cc1ccc(S(=O)(=O)N2CCC[C@@H](C(=O)Nc3cccc(-c4noc(C5CC5)n4)c3)C2)cc1. The zero-order valence-corrected chi connectivity index (χ0v) is 19.2. The van der Waals surface area contributed by atoms with Crippen molar-refractivity contribution in [1.82, 2.24) is 14.4 Å². The van der Waals surface area contributed by atoms with Gasteiger partial charge in [0.25, 0.3) is 0 Å². The summed E-state index contributed by atoms with van der Waals surface area (Å²) >= 11 is 0. The van der Waals surface area contributed by atoms with Gasteiger partial charge in [-0.05, 0) is 56.9 Å². The molecule has 1 N–H and O–H groups in total. The molecule has 8 nitrogen and oxygen atoms in total. The van der Waals surface area contributed by atoms with Crippen molar-refractivity contribution in [3.05, 3.63) is 60.0 Å². The third-order valence-electron chi connectivity index (χ3n) is 6.17. The highest BCUT2D eigenvalue weighted by molar-refractivity contribution is 7.89. The monoisotopic (exact) mass is 466 g/mol. The van der Waals surface area contributed by atoms with E-state index in [2.05, 4.69) is 15.5 Å². The van der Waals surface area contributed by atoms with Gasteiger partial charge in [0.2, 0.25) is 27.6 Å². The molecule has 9 heteroatoms. The normalized spacial score (nSPS) is 19.4. The summed E-state index contributed by atoms with van der Waals surface area (Å²) in [4.78, 5) is 17.7. The molecule has 1 aliphatic heterocycles. The molecule has 1 aromatic heterocycles. The minimum atomic E-state index is -3.63. The van der Waals surface area contributed by atoms with Gasteiger partial charge in [-0.3, -0.25) is 4.79 Å². The average molecular weight is 467 g/mol. The molecule has 0 radical (unpaired) electrons. The number of hydrogen-bond acceptors (Lipinski definition) is 6. The third-order valence-corrected chi connectivity index (χ3v) is 8.05. The van der Waals surface area contributed by atoms with Crippen molar-refractivity contribution in [3.63, 3.8) is 0 Å². The van der Waals surface area contributed by atoms with E-state index in [0.717, 1.165) is 24.0 Å². The summed E-state index contributed by atoms with van der Waals surface area (Å²) < 4.78 is 32.9. The van der Waals surface area contributed by atoms with E-state index in [-0.39, 0.29) is 17.3 Å². The Kier molecular flexibility index (Phi) is 5.76. The highest BCUT2D eigenvalue weighted by atomic mass is 32.2. The zero-order valence-electron chi connectivity index (χ0n) is 18.4. The fraction of sp³-hybridized carbons (Fsp3) is 0.375. The second-order valence-corrected chi connectivity index (χ2v) is 10.8. The molecular formula is C24H26N4O4S. The maximum absolute atomic E-state index is 13.1. The second kappa shape index (κ2) is 8.72. The Morgan fingerprint density at radius 1 is 1.12 bits per heavy atom. The Balaban J connectivity index is 1.27. The smallest absolute Gasteiger partial charge is 0.243 e. The summed E-state index contributed by atoms with van der Waals surface area (Å²) in [5.41, 5.74) is 2.38. The number of hydrogen-bond donors (Lipinski definition) is 1. The van der Waals surface area contributed by atoms with Crippen LogP contribution < -0.4 is 5.32 Å². The molecule has 172 valence electrons. The van der Waals surface area contributed by atoms with E-state index in [4.69, 9.17) is 4.52 Å². The number of carbonyl (C=O) groups is 1. The van der Waals surface area contributed by atoms with E-state index in [1.54, 1.807) is 30.3 Å². The molecule has 5 rings (SSSR count). The summed E-state index contributed by atoms with van der Waals surface area (Å²) in [6, 6.07) is 14.1. The van der Waals surface area contributed by atoms with Gasteiger partial charge < -0.3 is 9.84 Å². The second-order valence-electron chi connectivity index (χ2n) is 8.82. The van der Waals surface area contributed by atoms with Crippen molar-refractivity contribution in [3.8, 4) is 11.4 Å². The van der Waals surface area contributed by atoms with Crippen LogP contribution in [0.1, 0.15) is 43.1 Å². The average Bonchev–Trinajstić information content (AvgIpc) is 3.56. The number of piperidine rings is 1. The number of anilines is 1. The van der Waals surface area contributed by atoms with Gasteiger partial charge in [0.1, 0.15) is 0 Å². The van der Waals surface area contributed by atoms with Crippen LogP contribution in [-0.2, 0) is 14.8 Å². The standard InChI is InChI=1S/C24H26N4O4S/c1-16-7-11-21(12-8-16)33(30,31)28-13-3-5-19(15-28)23(29)25-20-6-2-4-18(14-20)22-26-24(32-27-22)17-9-10-17/h2,4,6-8,11-12,14,17,19H,3,5,9-10,13,15H2,1H3,(H,25,29)/t19-/m1/s1. The minimum absolute atomic E-state index is 0.164. The van der Waals surface area contributed by atoms with Crippen molar-refractivity contribution < 1.29 is 17.7 Å². The van der Waals surface area contributed by atoms with Gasteiger partial charge in [-0.1, -0.05) is 35.0 Å². The molecule has 1 atom stereocenters. The first-order chi connectivity index (χ1) is 15.9. The van der Waals surface area contributed by atoms with Crippen LogP contribution in [-0.4, -0.2) is 41.9 Å². The largest absolute Gasteiger partial charge is 0.339 e. The van der Waals surface area contributed by atoms with Gasteiger partial charge in [-0.15, -0.1) is 0 Å². The van der Waals surface area contributed by atoms with Gasteiger partial charge in [0.05, 0.1) is 10.8 Å². The van der Waals surface area contributed by atoms with Crippen LogP contribution in [0.5, 0.6) is 0 Å². The predicted molar refractivity (Wildman–Crippen MR) is 123 cm³/mol. The number of amides is 1. The van der Waals surface area contributed by atoms with Gasteiger partial charge in [0.15, 0.2) is 0 Å². The molecule has 1 amide bonds. The number of aryl methyl sites for hydroxylation is 1. The summed E-state index contributed by atoms with van der Waals surface area (Å²) in [6.07, 6.45) is 3.43. The van der Waals surface area contributed by atoms with Crippen molar-refractivity contribution in [2.45, 2.75) is 43.4 Å². The number of benzene rings is 2. The fourth-order valence-electron chi connectivity index (χ4n) is 4.06. The van der Waals surface area contributed by atoms with Crippen LogP contribution in [0.25, 0.3) is 11.4 Å². The highest BCUT2D eigenvalue weighted by Gasteiger charge is 2.33. The lowest BCUT2D eigenvalue weighted by Crippen LogP contribution is -2.43. The Hall–Kier alpha value is -3.04. The van der Waals surface area contributed by atoms with E-state index in [1.165, 1.54) is 4.31 Å². The first kappa shape index (κ1) is 21.8. The highest BCUT2D eigenvalue weighted by Crippen LogP contribution is 2.39. The molecule has 1 saturated carbocycles. The topological polar surface area (TPSA) is 105 Å². The Bertz CT molecular complexity index is 1270. The molecule has 1 saturated heterocycles. The minimum Gasteiger partial charge on any atom is -0.339 e. The maximum atomic E-state index is 13.1. The van der Waals surface area contributed by atoms with Gasteiger partial charge in [0, 0.05) is 30.3 Å². The molecule has 3 aromatic rings. The van der Waals surface area contributed by atoms with Crippen LogP contribution in [0.4, 0.5) is 5.69 Å². The van der Waals surface area contributed by atoms with E-state index in [9.17, 15) is 13.2 Å². The molecule has 2 aromatic carbocycles. The van der Waals surface area contributed by atoms with Crippen molar-refractivity contribution in [2.24, 2.45) is 5.92 Å². The van der Waals surface area contributed by atoms with E-state index in [1.807, 2.05) is 25.1 Å². The van der Waals surface area contributed by atoms with Crippen molar-refractivity contribution in [2.75, 3.05) is 18.4 Å². The first-order valence-corrected chi connectivity index (χ1v) is 12.7. The fourth-order valence-corrected chi connectivity index (χ4v) is 5.59. The number of nitrogens with zero attached hydrogens (tertiary/aromatic N) is 3. The summed E-state index contributed by atoms with van der Waals surface area (Å²) in [5.74, 6) is 0.925. The third kappa shape index (κ3) is 4.69. The maximum Gasteiger partial charge on any atom is 0.243 e. The zero-order chi connectivity index (χ0) is 23.0. The molecule has 2 fully saturated rings. The predicted octanol–water partition coefficient (Wildman–Crippen LogP) is 3.96. The van der Waals surface area contributed by atoms with Crippen LogP contribution >= 0.6 is 0 Å². The van der Waals surface area contributed by atoms with E-state index in [0.29, 0.717) is 42.7 Å². The van der Waals surface area contributed by atoms with Gasteiger partial charge >= 0.3 is 0 Å². The lowest BCUT2D eigenvalue weighted by molar-refractivity contribution is -0.120. The number of sulfonamides is 1. The molecule has 0 unspecified atom stereocenters. The summed E-state index contributed by atoms with van der Waals surface area (Å²) in [6.45, 7) is 2.49. The first-order valence-electron chi connectivity index (χ1n) is 11.2. The van der Waals surface area contributed by atoms with Crippen LogP contribution in [0, 0.1) is 12.8 Å². The molecule has 33 heavy (non-hydrogen) atoms. The van der Waals surface area contributed by atoms with Gasteiger partial charge in [-0.25, -0.2) is 8.42 Å². The van der Waals surface area contributed by atoms with Crippen LogP contribution in [0.3, 0.4) is 0 Å². The number of nitrogens with one attached hydrogen (secondary N) is 1. The molecule has 2 heterocycles. The van der Waals surface area contributed by atoms with Crippen molar-refractivity contribution >= 4 is 21.6 Å². The Labute approximate surface area is 193 Å². The number of rotatable bonds is 6. The molecule has 0 bridgehead atoms. The lowest BCUT2D eigenvalue weighted by Gasteiger charge is -2.31. The van der Waals surface area contributed by atoms with E-state index >= 15 is 0 Å². The summed E-state index contributed by atoms with van der Waals surface area (Å²) in [5, 5.41) is 6.99. The molecular weight excluding hydrogens is 440 g/mol. The Morgan fingerprint density at radius 2 is 1.91 bits per heavy atom.